The second-order valence-corrected chi connectivity index (χ2v) is 10.2. The normalized spacial score (nSPS) is 15.8. The highest BCUT2D eigenvalue weighted by atomic mass is 32.1. The minimum Gasteiger partial charge on any atom is -0.482 e. The molecule has 0 bridgehead atoms. The van der Waals surface area contributed by atoms with Crippen LogP contribution in [0.2, 0.25) is 0 Å². The topological polar surface area (TPSA) is 115 Å². The van der Waals surface area contributed by atoms with Crippen LogP contribution in [-0.4, -0.2) is 43.1 Å². The summed E-state index contributed by atoms with van der Waals surface area (Å²) in [5.41, 5.74) is 2.11. The lowest BCUT2D eigenvalue weighted by molar-refractivity contribution is -0.145. The Morgan fingerprint density at radius 1 is 1.05 bits per heavy atom. The number of fused-ring (bicyclic) bond motifs is 2. The predicted octanol–water partition coefficient (Wildman–Crippen LogP) is 3.25. The Labute approximate surface area is 240 Å². The van der Waals surface area contributed by atoms with Gasteiger partial charge in [-0.15, -0.1) is 0 Å². The minimum atomic E-state index is -0.748. The number of carbonyl (C=O) groups is 2. The standard InChI is InChI=1S/C30H30N2O8S/c1-4-7-21-26(29(35)37-6-3)27(19-10-13-22-23(15-19)40-17-39-22)32-28(34)24(41-30(32)31-21)14-18-8-11-20(12-9-18)38-16-25(33)36-5-2/h8-15,27H,4-7,16-17H2,1-3H3/b24-14-/t27-/m1/s1. The molecule has 0 unspecified atom stereocenters. The molecule has 5 rings (SSSR count). The Bertz CT molecular complexity index is 1670. The number of carbonyl (C=O) groups excluding carboxylic acids is 2. The maximum absolute atomic E-state index is 13.9. The van der Waals surface area contributed by atoms with Crippen LogP contribution in [0.1, 0.15) is 50.8 Å². The van der Waals surface area contributed by atoms with E-state index in [9.17, 15) is 14.4 Å². The van der Waals surface area contributed by atoms with Gasteiger partial charge in [0.05, 0.1) is 35.1 Å². The number of allylic oxidation sites excluding steroid dienone is 1. The van der Waals surface area contributed by atoms with Crippen molar-refractivity contribution in [2.45, 2.75) is 39.7 Å². The first-order chi connectivity index (χ1) is 19.9. The fourth-order valence-electron chi connectivity index (χ4n) is 4.68. The summed E-state index contributed by atoms with van der Waals surface area (Å²) >= 11 is 1.25. The number of ether oxygens (including phenoxy) is 5. The Morgan fingerprint density at radius 3 is 2.54 bits per heavy atom. The molecule has 2 aromatic carbocycles. The lowest BCUT2D eigenvalue weighted by Crippen LogP contribution is -2.40. The Morgan fingerprint density at radius 2 is 1.80 bits per heavy atom. The second-order valence-electron chi connectivity index (χ2n) is 9.19. The van der Waals surface area contributed by atoms with Crippen LogP contribution in [0.25, 0.3) is 6.08 Å². The summed E-state index contributed by atoms with van der Waals surface area (Å²) in [4.78, 5) is 44.1. The van der Waals surface area contributed by atoms with E-state index in [4.69, 9.17) is 28.7 Å². The fraction of sp³-hybridized carbons (Fsp3) is 0.333. The van der Waals surface area contributed by atoms with Crippen LogP contribution in [0.4, 0.5) is 0 Å². The van der Waals surface area contributed by atoms with Crippen molar-refractivity contribution in [2.75, 3.05) is 26.6 Å². The molecule has 0 radical (unpaired) electrons. The first-order valence-electron chi connectivity index (χ1n) is 13.4. The van der Waals surface area contributed by atoms with Crippen molar-refractivity contribution in [2.24, 2.45) is 4.99 Å². The van der Waals surface area contributed by atoms with Gasteiger partial charge in [0, 0.05) is 0 Å². The van der Waals surface area contributed by atoms with Gasteiger partial charge in [-0.05, 0) is 61.7 Å². The lowest BCUT2D eigenvalue weighted by Gasteiger charge is -2.25. The first kappa shape index (κ1) is 28.2. The summed E-state index contributed by atoms with van der Waals surface area (Å²) in [5.74, 6) is 0.704. The molecule has 10 nitrogen and oxygen atoms in total. The number of benzene rings is 2. The van der Waals surface area contributed by atoms with Crippen molar-refractivity contribution < 1.29 is 33.3 Å². The number of rotatable bonds is 10. The van der Waals surface area contributed by atoms with Gasteiger partial charge in [-0.2, -0.15) is 0 Å². The van der Waals surface area contributed by atoms with Crippen molar-refractivity contribution in [3.8, 4) is 17.2 Å². The number of aromatic nitrogens is 1. The zero-order valence-electron chi connectivity index (χ0n) is 23.0. The Balaban J connectivity index is 1.57. The van der Waals surface area contributed by atoms with Crippen molar-refractivity contribution >= 4 is 29.4 Å². The van der Waals surface area contributed by atoms with Crippen LogP contribution in [0.5, 0.6) is 17.2 Å². The van der Waals surface area contributed by atoms with Crippen molar-refractivity contribution in [3.05, 3.63) is 84.5 Å². The van der Waals surface area contributed by atoms with Gasteiger partial charge in [0.25, 0.3) is 5.56 Å². The monoisotopic (exact) mass is 578 g/mol. The molecule has 1 atom stereocenters. The largest absolute Gasteiger partial charge is 0.482 e. The minimum absolute atomic E-state index is 0.107. The van der Waals surface area contributed by atoms with Crippen molar-refractivity contribution in [3.63, 3.8) is 0 Å². The fourth-order valence-corrected chi connectivity index (χ4v) is 5.70. The molecule has 3 heterocycles. The average Bonchev–Trinajstić information content (AvgIpc) is 3.56. The van der Waals surface area contributed by atoms with Gasteiger partial charge in [-0.25, -0.2) is 14.6 Å². The summed E-state index contributed by atoms with van der Waals surface area (Å²) < 4.78 is 28.9. The zero-order valence-corrected chi connectivity index (χ0v) is 23.8. The van der Waals surface area contributed by atoms with Gasteiger partial charge >= 0.3 is 11.9 Å². The SMILES string of the molecule is CCCC1=C(C(=O)OCC)[C@@H](c2ccc3c(c2)OCO3)n2c(s/c(=C\c3ccc(OCC(=O)OCC)cc3)c2=O)=N1. The molecule has 3 aromatic rings. The molecule has 0 saturated carbocycles. The van der Waals surface area contributed by atoms with E-state index in [-0.39, 0.29) is 32.2 Å². The van der Waals surface area contributed by atoms with E-state index >= 15 is 0 Å². The molecule has 0 N–H and O–H groups in total. The number of thiazole rings is 1. The molecule has 0 aliphatic carbocycles. The zero-order chi connectivity index (χ0) is 28.9. The summed E-state index contributed by atoms with van der Waals surface area (Å²) in [6.07, 6.45) is 3.07. The third-order valence-electron chi connectivity index (χ3n) is 6.44. The number of hydrogen-bond donors (Lipinski definition) is 0. The van der Waals surface area contributed by atoms with E-state index in [0.717, 1.165) is 12.0 Å². The highest BCUT2D eigenvalue weighted by Gasteiger charge is 2.35. The summed E-state index contributed by atoms with van der Waals surface area (Å²) in [7, 11) is 0. The summed E-state index contributed by atoms with van der Waals surface area (Å²) in [6, 6.07) is 11.7. The maximum Gasteiger partial charge on any atom is 0.344 e. The van der Waals surface area contributed by atoms with E-state index in [1.54, 1.807) is 60.9 Å². The first-order valence-corrected chi connectivity index (χ1v) is 14.2. The highest BCUT2D eigenvalue weighted by Crippen LogP contribution is 2.38. The molecule has 0 amide bonds. The van der Waals surface area contributed by atoms with E-state index in [0.29, 0.717) is 49.8 Å². The second kappa shape index (κ2) is 12.4. The van der Waals surface area contributed by atoms with Gasteiger partial charge in [0.15, 0.2) is 22.9 Å². The smallest absolute Gasteiger partial charge is 0.344 e. The predicted molar refractivity (Wildman–Crippen MR) is 151 cm³/mol. The van der Waals surface area contributed by atoms with Crippen LogP contribution in [0.15, 0.2) is 63.5 Å². The van der Waals surface area contributed by atoms with Crippen LogP contribution in [-0.2, 0) is 19.1 Å². The quantitative estimate of drug-likeness (QED) is 0.337. The van der Waals surface area contributed by atoms with Gasteiger partial charge in [-0.3, -0.25) is 9.36 Å². The lowest BCUT2D eigenvalue weighted by atomic mass is 9.94. The van der Waals surface area contributed by atoms with Crippen LogP contribution < -0.4 is 29.1 Å². The van der Waals surface area contributed by atoms with Crippen LogP contribution >= 0.6 is 11.3 Å². The van der Waals surface area contributed by atoms with E-state index in [2.05, 4.69) is 0 Å². The van der Waals surface area contributed by atoms with Gasteiger partial charge in [0.2, 0.25) is 6.79 Å². The van der Waals surface area contributed by atoms with E-state index in [1.807, 2.05) is 13.0 Å². The number of nitrogens with zero attached hydrogens (tertiary/aromatic N) is 2. The molecule has 0 saturated heterocycles. The van der Waals surface area contributed by atoms with Gasteiger partial charge in [0.1, 0.15) is 5.75 Å². The van der Waals surface area contributed by atoms with Crippen LogP contribution in [0, 0.1) is 0 Å². The average molecular weight is 579 g/mol. The number of esters is 2. The molecule has 0 spiro atoms. The molecule has 2 aliphatic rings. The summed E-state index contributed by atoms with van der Waals surface area (Å²) in [6.45, 7) is 5.89. The maximum atomic E-state index is 13.9. The van der Waals surface area contributed by atoms with E-state index < -0.39 is 18.0 Å². The van der Waals surface area contributed by atoms with Crippen molar-refractivity contribution in [1.29, 1.82) is 0 Å². The molecule has 41 heavy (non-hydrogen) atoms. The Hall–Kier alpha value is -4.38. The molecule has 0 fully saturated rings. The van der Waals surface area contributed by atoms with Crippen LogP contribution in [0.3, 0.4) is 0 Å². The number of hydrogen-bond acceptors (Lipinski definition) is 10. The highest BCUT2D eigenvalue weighted by molar-refractivity contribution is 7.07. The third kappa shape index (κ3) is 5.90. The third-order valence-corrected chi connectivity index (χ3v) is 7.43. The molecule has 1 aromatic heterocycles. The molecule has 11 heteroatoms. The Kier molecular flexibility index (Phi) is 8.53. The van der Waals surface area contributed by atoms with Gasteiger partial charge < -0.3 is 23.7 Å². The molecule has 2 aliphatic heterocycles. The molecular formula is C30H30N2O8S. The summed E-state index contributed by atoms with van der Waals surface area (Å²) in [5, 5.41) is 0. The molecule has 214 valence electrons. The van der Waals surface area contributed by atoms with E-state index in [1.165, 1.54) is 11.3 Å². The molecular weight excluding hydrogens is 548 g/mol. The van der Waals surface area contributed by atoms with Gasteiger partial charge in [-0.1, -0.05) is 42.9 Å². The van der Waals surface area contributed by atoms with Crippen molar-refractivity contribution in [1.82, 2.24) is 4.57 Å².